The number of alkyl carbamates (subject to hydrolysis) is 1. The van der Waals surface area contributed by atoms with Crippen molar-refractivity contribution in [1.82, 2.24) is 5.32 Å². The number of halogens is 1. The van der Waals surface area contributed by atoms with E-state index in [0.29, 0.717) is 17.6 Å². The van der Waals surface area contributed by atoms with Crippen LogP contribution in [0.3, 0.4) is 0 Å². The fraction of sp³-hybridized carbons (Fsp3) is 0.233. The zero-order chi connectivity index (χ0) is 26.5. The molecule has 7 nitrogen and oxygen atoms in total. The van der Waals surface area contributed by atoms with Gasteiger partial charge in [0.15, 0.2) is 5.75 Å². The lowest BCUT2D eigenvalue weighted by Gasteiger charge is -2.19. The molecule has 1 aromatic heterocycles. The van der Waals surface area contributed by atoms with Gasteiger partial charge in [0.25, 0.3) is 0 Å². The highest BCUT2D eigenvalue weighted by Crippen LogP contribution is 2.34. The van der Waals surface area contributed by atoms with Crippen LogP contribution < -0.4 is 15.7 Å². The number of fused-ring (bicyclic) bond motifs is 3. The van der Waals surface area contributed by atoms with Crippen LogP contribution in [0, 0.1) is 0 Å². The molecule has 0 unspecified atom stereocenters. The highest BCUT2D eigenvalue weighted by molar-refractivity contribution is 6.33. The first-order chi connectivity index (χ1) is 18.5. The highest BCUT2D eigenvalue weighted by Gasteiger charge is 2.26. The Kier molecular flexibility index (Phi) is 7.75. The van der Waals surface area contributed by atoms with Gasteiger partial charge in [0, 0.05) is 23.4 Å². The fourth-order valence-electron chi connectivity index (χ4n) is 4.65. The molecule has 0 saturated heterocycles. The summed E-state index contributed by atoms with van der Waals surface area (Å²) in [5.74, 6) is -0.687. The Labute approximate surface area is 224 Å². The molecule has 1 heterocycles. The first-order valence-corrected chi connectivity index (χ1v) is 12.9. The lowest BCUT2D eigenvalue weighted by atomic mass is 9.90. The van der Waals surface area contributed by atoms with E-state index in [9.17, 15) is 14.4 Å². The van der Waals surface area contributed by atoms with Gasteiger partial charge in [0.1, 0.15) is 18.2 Å². The number of hydrogen-bond donors (Lipinski definition) is 1. The van der Waals surface area contributed by atoms with E-state index in [1.165, 1.54) is 6.07 Å². The summed E-state index contributed by atoms with van der Waals surface area (Å²) in [6, 6.07) is 20.5. The van der Waals surface area contributed by atoms with Gasteiger partial charge in [-0.05, 0) is 48.4 Å². The van der Waals surface area contributed by atoms with Crippen molar-refractivity contribution in [3.8, 4) is 5.75 Å². The summed E-state index contributed by atoms with van der Waals surface area (Å²) in [5.41, 5.74) is 3.18. The molecule has 4 aromatic rings. The Bertz CT molecular complexity index is 1520. The molecule has 0 bridgehead atoms. The van der Waals surface area contributed by atoms with Crippen LogP contribution in [0.4, 0.5) is 4.79 Å². The van der Waals surface area contributed by atoms with Crippen LogP contribution >= 0.6 is 11.6 Å². The Balaban J connectivity index is 1.36. The molecule has 0 fully saturated rings. The molecule has 38 heavy (non-hydrogen) atoms. The number of esters is 1. The SMILES string of the molecule is O=C(N[C@H](Cc1ccccc1)C(=O)Oc1cc2oc(=O)c3c(c2cc1Cl)CCCC3)OCc1ccccc1. The normalized spacial score (nSPS) is 13.4. The second-order valence-electron chi connectivity index (χ2n) is 9.20. The van der Waals surface area contributed by atoms with E-state index in [-0.39, 0.29) is 29.4 Å². The fourth-order valence-corrected chi connectivity index (χ4v) is 4.85. The first kappa shape index (κ1) is 25.5. The predicted molar refractivity (Wildman–Crippen MR) is 143 cm³/mol. The predicted octanol–water partition coefficient (Wildman–Crippen LogP) is 5.77. The summed E-state index contributed by atoms with van der Waals surface area (Å²) < 4.78 is 16.5. The average molecular weight is 532 g/mol. The zero-order valence-corrected chi connectivity index (χ0v) is 21.3. The lowest BCUT2D eigenvalue weighted by molar-refractivity contribution is -0.136. The third-order valence-electron chi connectivity index (χ3n) is 6.56. The molecule has 5 rings (SSSR count). The van der Waals surface area contributed by atoms with E-state index in [2.05, 4.69) is 5.32 Å². The molecule has 1 atom stereocenters. The van der Waals surface area contributed by atoms with Gasteiger partial charge >= 0.3 is 17.7 Å². The first-order valence-electron chi connectivity index (χ1n) is 12.5. The van der Waals surface area contributed by atoms with Crippen molar-refractivity contribution in [2.75, 3.05) is 0 Å². The highest BCUT2D eigenvalue weighted by atomic mass is 35.5. The largest absolute Gasteiger partial charge is 0.445 e. The number of hydrogen-bond acceptors (Lipinski definition) is 6. The summed E-state index contributed by atoms with van der Waals surface area (Å²) in [4.78, 5) is 38.4. The third-order valence-corrected chi connectivity index (χ3v) is 6.85. The van der Waals surface area contributed by atoms with Gasteiger partial charge in [0.05, 0.1) is 5.02 Å². The number of ether oxygens (including phenoxy) is 2. The maximum Gasteiger partial charge on any atom is 0.408 e. The summed E-state index contributed by atoms with van der Waals surface area (Å²) in [5, 5.41) is 3.56. The van der Waals surface area contributed by atoms with Crippen LogP contribution in [0.5, 0.6) is 5.75 Å². The van der Waals surface area contributed by atoms with Crippen molar-refractivity contribution in [1.29, 1.82) is 0 Å². The summed E-state index contributed by atoms with van der Waals surface area (Å²) in [6.45, 7) is 0.0552. The van der Waals surface area contributed by atoms with Crippen LogP contribution in [0.25, 0.3) is 11.0 Å². The average Bonchev–Trinajstić information content (AvgIpc) is 2.94. The maximum atomic E-state index is 13.3. The Morgan fingerprint density at radius 3 is 2.29 bits per heavy atom. The molecule has 1 N–H and O–H groups in total. The number of amides is 1. The summed E-state index contributed by atoms with van der Waals surface area (Å²) >= 11 is 6.51. The minimum atomic E-state index is -1.05. The minimum Gasteiger partial charge on any atom is -0.445 e. The quantitative estimate of drug-likeness (QED) is 0.185. The van der Waals surface area contributed by atoms with Crippen molar-refractivity contribution in [3.05, 3.63) is 110 Å². The van der Waals surface area contributed by atoms with Gasteiger partial charge in [-0.25, -0.2) is 14.4 Å². The molecule has 0 spiro atoms. The Morgan fingerprint density at radius 1 is 0.921 bits per heavy atom. The smallest absolute Gasteiger partial charge is 0.408 e. The van der Waals surface area contributed by atoms with E-state index in [1.54, 1.807) is 6.07 Å². The van der Waals surface area contributed by atoms with Gasteiger partial charge in [-0.3, -0.25) is 0 Å². The van der Waals surface area contributed by atoms with Gasteiger partial charge in [-0.2, -0.15) is 0 Å². The number of benzene rings is 3. The van der Waals surface area contributed by atoms with Crippen LogP contribution in [0.2, 0.25) is 5.02 Å². The van der Waals surface area contributed by atoms with Crippen molar-refractivity contribution in [2.45, 2.75) is 44.8 Å². The standard InChI is InChI=1S/C30H26ClNO6/c31-24-16-23-21-13-7-8-14-22(21)28(33)37-26(23)17-27(24)38-29(34)25(15-19-9-3-1-4-10-19)32-30(35)36-18-20-11-5-2-6-12-20/h1-6,9-12,16-17,25H,7-8,13-15,18H2,(H,32,35)/t25-/m1/s1. The van der Waals surface area contributed by atoms with Crippen molar-refractivity contribution >= 4 is 34.6 Å². The van der Waals surface area contributed by atoms with Crippen LogP contribution in [-0.2, 0) is 35.4 Å². The molecule has 1 aliphatic rings. The minimum absolute atomic E-state index is 0.0422. The van der Waals surface area contributed by atoms with Crippen molar-refractivity contribution in [3.63, 3.8) is 0 Å². The summed E-state index contributed by atoms with van der Waals surface area (Å²) in [6.07, 6.45) is 2.78. The van der Waals surface area contributed by atoms with Crippen LogP contribution in [-0.4, -0.2) is 18.1 Å². The number of nitrogens with one attached hydrogen (secondary N) is 1. The molecule has 1 amide bonds. The third kappa shape index (κ3) is 5.89. The molecule has 0 aliphatic heterocycles. The second kappa shape index (κ2) is 11.5. The molecule has 1 aliphatic carbocycles. The number of rotatable bonds is 7. The topological polar surface area (TPSA) is 94.8 Å². The molecule has 0 radical (unpaired) electrons. The molecule has 194 valence electrons. The van der Waals surface area contributed by atoms with E-state index >= 15 is 0 Å². The number of carbonyl (C=O) groups is 2. The lowest BCUT2D eigenvalue weighted by Crippen LogP contribution is -2.44. The zero-order valence-electron chi connectivity index (χ0n) is 20.6. The van der Waals surface area contributed by atoms with E-state index in [4.69, 9.17) is 25.5 Å². The molecule has 0 saturated carbocycles. The van der Waals surface area contributed by atoms with E-state index in [1.807, 2.05) is 60.7 Å². The number of aryl methyl sites for hydroxylation is 1. The Hall–Kier alpha value is -4.10. The second-order valence-corrected chi connectivity index (χ2v) is 9.61. The van der Waals surface area contributed by atoms with Crippen molar-refractivity contribution < 1.29 is 23.5 Å². The molecule has 3 aromatic carbocycles. The van der Waals surface area contributed by atoms with Gasteiger partial charge in [-0.1, -0.05) is 72.3 Å². The van der Waals surface area contributed by atoms with E-state index in [0.717, 1.165) is 41.3 Å². The van der Waals surface area contributed by atoms with Crippen molar-refractivity contribution in [2.24, 2.45) is 0 Å². The maximum absolute atomic E-state index is 13.3. The van der Waals surface area contributed by atoms with Crippen LogP contribution in [0.1, 0.15) is 35.1 Å². The summed E-state index contributed by atoms with van der Waals surface area (Å²) in [7, 11) is 0. The Morgan fingerprint density at radius 2 is 1.58 bits per heavy atom. The van der Waals surface area contributed by atoms with Crippen LogP contribution in [0.15, 0.2) is 82.0 Å². The number of carbonyl (C=O) groups excluding carboxylic acids is 2. The van der Waals surface area contributed by atoms with Gasteiger partial charge < -0.3 is 19.2 Å². The van der Waals surface area contributed by atoms with E-state index < -0.39 is 18.1 Å². The molecular weight excluding hydrogens is 506 g/mol. The van der Waals surface area contributed by atoms with Gasteiger partial charge in [-0.15, -0.1) is 0 Å². The molecule has 8 heteroatoms. The monoisotopic (exact) mass is 531 g/mol. The molecular formula is C30H26ClNO6. The van der Waals surface area contributed by atoms with Gasteiger partial charge in [0.2, 0.25) is 0 Å².